The first kappa shape index (κ1) is 31.2. The lowest BCUT2D eigenvalue weighted by atomic mass is 9.33. The van der Waals surface area contributed by atoms with Crippen molar-refractivity contribution in [2.75, 3.05) is 6.54 Å². The van der Waals surface area contributed by atoms with Gasteiger partial charge in [-0.05, 0) is 85.4 Å². The zero-order chi connectivity index (χ0) is 32.0. The highest BCUT2D eigenvalue weighted by Crippen LogP contribution is 2.78. The molecule has 0 amide bonds. The Kier molecular flexibility index (Phi) is 6.46. The lowest BCUT2D eigenvalue weighted by Crippen LogP contribution is -2.83. The fourth-order valence-electron chi connectivity index (χ4n) is 12.0. The molecular formula is C37H57NO5Si. The van der Waals surface area contributed by atoms with Crippen LogP contribution in [0, 0.1) is 45.8 Å². The molecular weight excluding hydrogens is 566 g/mol. The van der Waals surface area contributed by atoms with E-state index >= 15 is 4.79 Å². The average Bonchev–Trinajstić information content (AvgIpc) is 3.16. The monoisotopic (exact) mass is 623 g/mol. The van der Waals surface area contributed by atoms with Gasteiger partial charge in [0.25, 0.3) is 0 Å². The highest BCUT2D eigenvalue weighted by molar-refractivity contribution is 6.74. The van der Waals surface area contributed by atoms with Gasteiger partial charge in [-0.25, -0.2) is 4.90 Å². The van der Waals surface area contributed by atoms with Crippen LogP contribution in [-0.2, 0) is 23.5 Å². The first-order valence-corrected chi connectivity index (χ1v) is 20.5. The standard InChI is InChI=1S/C37H57NO5Si/c1-12-25-29-26(16-22(2)17-27(29)43-44(10,11)32(4,5)6)33(7)21-37-35(9,34(8,19-28(39)42-37)31(33)30(25)40)13-14-36-18-23(3)15-24(41-36)20-38(36)37/h17,23-26,29,31H,2,12-16,18-21H2,1,3-11H3/t23-,24+,25+,26?,29?,31-,33-,34-,35-,36-,37+/m0/s1. The first-order chi connectivity index (χ1) is 20.3. The van der Waals surface area contributed by atoms with E-state index in [1.54, 1.807) is 0 Å². The Morgan fingerprint density at radius 2 is 1.86 bits per heavy atom. The van der Waals surface area contributed by atoms with Gasteiger partial charge in [0, 0.05) is 36.1 Å². The molecule has 7 heteroatoms. The summed E-state index contributed by atoms with van der Waals surface area (Å²) < 4.78 is 20.9. The van der Waals surface area contributed by atoms with E-state index < -0.39 is 19.5 Å². The molecule has 2 saturated carbocycles. The van der Waals surface area contributed by atoms with Crippen molar-refractivity contribution < 1.29 is 23.5 Å². The number of ether oxygens (including phenoxy) is 2. The van der Waals surface area contributed by atoms with E-state index in [2.05, 4.69) is 86.0 Å². The van der Waals surface area contributed by atoms with Gasteiger partial charge in [0.2, 0.25) is 8.32 Å². The maximum Gasteiger partial charge on any atom is 0.308 e. The minimum absolute atomic E-state index is 0.0146. The Morgan fingerprint density at radius 1 is 1.16 bits per heavy atom. The van der Waals surface area contributed by atoms with Crippen molar-refractivity contribution in [2.24, 2.45) is 45.8 Å². The predicted octanol–water partition coefficient (Wildman–Crippen LogP) is 8.00. The molecule has 44 heavy (non-hydrogen) atoms. The lowest BCUT2D eigenvalue weighted by Gasteiger charge is -2.77. The molecule has 4 saturated heterocycles. The van der Waals surface area contributed by atoms with Crippen LogP contribution in [0.15, 0.2) is 24.0 Å². The maximum atomic E-state index is 15.2. The van der Waals surface area contributed by atoms with Gasteiger partial charge in [-0.1, -0.05) is 67.5 Å². The SMILES string of the molecule is C=C1C=C(O[Si](C)(C)C(C)(C)C)C2C(C1)[C@]1(C)C[C@@]34OC(=O)C[C@@](C)([C@H]1C(=O)[C@@H]2CC)[C@]3(C)CC[C@]12C[C@@H](C)C[C@H](CN14)O2. The van der Waals surface area contributed by atoms with Crippen molar-refractivity contribution in [3.63, 3.8) is 0 Å². The Morgan fingerprint density at radius 3 is 2.52 bits per heavy atom. The number of allylic oxidation sites excluding steroid dienone is 3. The number of rotatable bonds is 3. The molecule has 7 rings (SSSR count). The van der Waals surface area contributed by atoms with Crippen LogP contribution < -0.4 is 0 Å². The molecule has 0 N–H and O–H groups in total. The largest absolute Gasteiger partial charge is 0.546 e. The summed E-state index contributed by atoms with van der Waals surface area (Å²) in [7, 11) is -2.17. The second-order valence-electron chi connectivity index (χ2n) is 18.5. The first-order valence-electron chi connectivity index (χ1n) is 17.6. The number of hydrogen-bond acceptors (Lipinski definition) is 6. The molecule has 0 aromatic carbocycles. The van der Waals surface area contributed by atoms with Gasteiger partial charge < -0.3 is 13.9 Å². The van der Waals surface area contributed by atoms with Crippen molar-refractivity contribution in [3.8, 4) is 0 Å². The Balaban J connectivity index is 1.40. The molecule has 4 heterocycles. The Bertz CT molecular complexity index is 1350. The van der Waals surface area contributed by atoms with Crippen molar-refractivity contribution in [2.45, 2.75) is 142 Å². The van der Waals surface area contributed by atoms with Gasteiger partial charge >= 0.3 is 5.97 Å². The van der Waals surface area contributed by atoms with Crippen molar-refractivity contribution in [1.29, 1.82) is 0 Å². The number of piperidine rings is 1. The van der Waals surface area contributed by atoms with E-state index in [-0.39, 0.29) is 57.3 Å². The molecule has 0 aromatic rings. The zero-order valence-electron chi connectivity index (χ0n) is 29.1. The summed E-state index contributed by atoms with van der Waals surface area (Å²) >= 11 is 0. The Hall–Kier alpha value is -1.44. The van der Waals surface area contributed by atoms with Crippen LogP contribution in [0.25, 0.3) is 0 Å². The number of fused-ring (bicyclic) bond motifs is 5. The minimum atomic E-state index is -2.17. The highest BCUT2D eigenvalue weighted by Gasteiger charge is 2.83. The van der Waals surface area contributed by atoms with Gasteiger partial charge in [-0.3, -0.25) is 9.59 Å². The molecule has 6 nitrogen and oxygen atoms in total. The maximum absolute atomic E-state index is 15.2. The number of nitrogens with zero attached hydrogens (tertiary/aromatic N) is 1. The van der Waals surface area contributed by atoms with Gasteiger partial charge in [0.15, 0.2) is 5.72 Å². The van der Waals surface area contributed by atoms with E-state index in [9.17, 15) is 4.79 Å². The summed E-state index contributed by atoms with van der Waals surface area (Å²) in [5.41, 5.74) is -1.35. The van der Waals surface area contributed by atoms with E-state index in [1.807, 2.05) is 0 Å². The minimum Gasteiger partial charge on any atom is -0.546 e. The van der Waals surface area contributed by atoms with Crippen LogP contribution in [0.5, 0.6) is 0 Å². The highest BCUT2D eigenvalue weighted by atomic mass is 28.4. The number of carbonyl (C=O) groups is 2. The second-order valence-corrected chi connectivity index (χ2v) is 23.2. The van der Waals surface area contributed by atoms with Gasteiger partial charge in [-0.15, -0.1) is 0 Å². The number of ketones is 1. The molecule has 3 aliphatic carbocycles. The quantitative estimate of drug-likeness (QED) is 0.235. The van der Waals surface area contributed by atoms with Gasteiger partial charge in [0.05, 0.1) is 18.3 Å². The third-order valence-corrected chi connectivity index (χ3v) is 19.4. The smallest absolute Gasteiger partial charge is 0.308 e. The summed E-state index contributed by atoms with van der Waals surface area (Å²) in [6.07, 6.45) is 8.82. The van der Waals surface area contributed by atoms with Crippen LogP contribution in [0.3, 0.4) is 0 Å². The summed E-state index contributed by atoms with van der Waals surface area (Å²) in [6.45, 7) is 28.4. The summed E-state index contributed by atoms with van der Waals surface area (Å²) in [5.74, 6) is 1.63. The molecule has 2 unspecified atom stereocenters. The summed E-state index contributed by atoms with van der Waals surface area (Å²) in [4.78, 5) is 31.6. The summed E-state index contributed by atoms with van der Waals surface area (Å²) in [5, 5.41) is 0.0421. The molecule has 11 atom stereocenters. The number of esters is 1. The van der Waals surface area contributed by atoms with Crippen LogP contribution in [-0.4, -0.2) is 49.1 Å². The van der Waals surface area contributed by atoms with Gasteiger partial charge in [0.1, 0.15) is 11.5 Å². The van der Waals surface area contributed by atoms with E-state index in [1.165, 1.54) is 0 Å². The molecule has 244 valence electrons. The zero-order valence-corrected chi connectivity index (χ0v) is 30.1. The number of hydrogen-bond donors (Lipinski definition) is 0. The second kappa shape index (κ2) is 9.12. The topological polar surface area (TPSA) is 65.1 Å². The van der Waals surface area contributed by atoms with Crippen LogP contribution in [0.1, 0.15) is 107 Å². The molecule has 4 aliphatic heterocycles. The fraction of sp³-hybridized carbons (Fsp3) is 0.838. The molecule has 7 aliphatic rings. The number of Topliss-reactive ketones (excluding diaryl/α,β-unsaturated/α-hetero) is 1. The Labute approximate surface area is 266 Å². The number of carbonyl (C=O) groups excluding carboxylic acids is 2. The molecule has 1 spiro atoms. The van der Waals surface area contributed by atoms with E-state index in [0.29, 0.717) is 24.5 Å². The van der Waals surface area contributed by atoms with E-state index in [0.717, 1.165) is 56.4 Å². The molecule has 0 radical (unpaired) electrons. The third-order valence-electron chi connectivity index (χ3n) is 15.0. The van der Waals surface area contributed by atoms with Crippen LogP contribution in [0.2, 0.25) is 18.1 Å². The molecule has 4 bridgehead atoms. The van der Waals surface area contributed by atoms with E-state index in [4.69, 9.17) is 13.9 Å². The van der Waals surface area contributed by atoms with Crippen LogP contribution in [0.4, 0.5) is 0 Å². The van der Waals surface area contributed by atoms with Crippen molar-refractivity contribution in [1.82, 2.24) is 4.90 Å². The molecule has 6 fully saturated rings. The average molecular weight is 624 g/mol. The third kappa shape index (κ3) is 3.67. The van der Waals surface area contributed by atoms with Gasteiger partial charge in [-0.2, -0.15) is 0 Å². The van der Waals surface area contributed by atoms with Crippen molar-refractivity contribution in [3.05, 3.63) is 24.0 Å². The summed E-state index contributed by atoms with van der Waals surface area (Å²) in [6, 6.07) is 0. The predicted molar refractivity (Wildman–Crippen MR) is 174 cm³/mol. The fourth-order valence-corrected chi connectivity index (χ4v) is 13.1. The lowest BCUT2D eigenvalue weighted by molar-refractivity contribution is -0.380. The normalized spacial score (nSPS) is 50.1. The molecule has 0 aromatic heterocycles. The van der Waals surface area contributed by atoms with Crippen molar-refractivity contribution >= 4 is 20.1 Å². The van der Waals surface area contributed by atoms with Crippen LogP contribution >= 0.6 is 0 Å².